The summed E-state index contributed by atoms with van der Waals surface area (Å²) in [4.78, 5) is 40.5. The van der Waals surface area contributed by atoms with Gasteiger partial charge in [0.2, 0.25) is 11.8 Å². The lowest BCUT2D eigenvalue weighted by atomic mass is 10.2. The summed E-state index contributed by atoms with van der Waals surface area (Å²) in [7, 11) is 0. The van der Waals surface area contributed by atoms with Crippen molar-refractivity contribution in [3.63, 3.8) is 0 Å². The maximum atomic E-state index is 12.6. The zero-order valence-electron chi connectivity index (χ0n) is 17.5. The van der Waals surface area contributed by atoms with Gasteiger partial charge in [0, 0.05) is 17.9 Å². The van der Waals surface area contributed by atoms with Crippen LogP contribution >= 0.6 is 0 Å². The monoisotopic (exact) mass is 412 g/mol. The van der Waals surface area contributed by atoms with Crippen LogP contribution in [0.4, 0.5) is 17.2 Å². The maximum absolute atomic E-state index is 12.6. The number of carbonyl (C=O) groups excluding carboxylic acids is 2. The van der Waals surface area contributed by atoms with E-state index in [0.29, 0.717) is 17.2 Å². The minimum Gasteiger partial charge on any atom is -0.384 e. The number of rotatable bonds is 4. The molecule has 30 heavy (non-hydrogen) atoms. The van der Waals surface area contributed by atoms with E-state index >= 15 is 0 Å². The number of pyridine rings is 2. The highest BCUT2D eigenvalue weighted by atomic mass is 16.2. The molecule has 3 heterocycles. The van der Waals surface area contributed by atoms with Crippen molar-refractivity contribution in [3.8, 4) is 0 Å². The number of aromatic nitrogens is 2. The molecule has 2 aliphatic rings. The van der Waals surface area contributed by atoms with E-state index in [4.69, 9.17) is 5.73 Å². The number of nitrogen functional groups attached to an aromatic ring is 1. The van der Waals surface area contributed by atoms with Crippen molar-refractivity contribution >= 4 is 29.0 Å². The lowest BCUT2D eigenvalue weighted by Gasteiger charge is -2.21. The van der Waals surface area contributed by atoms with Crippen molar-refractivity contribution < 1.29 is 9.59 Å². The molecule has 1 aliphatic carbocycles. The lowest BCUT2D eigenvalue weighted by Crippen LogP contribution is -2.38. The number of hydrogen-bond donors (Lipinski definition) is 4. The average Bonchev–Trinajstić information content (AvgIpc) is 3.48. The summed E-state index contributed by atoms with van der Waals surface area (Å²) in [5, 5.41) is 8.21. The molecule has 1 fully saturated rings. The first-order valence-electron chi connectivity index (χ1n) is 10.0. The fraction of sp³-hybridized carbons (Fsp3) is 0.429. The summed E-state index contributed by atoms with van der Waals surface area (Å²) in [5.41, 5.74) is 8.13. The summed E-state index contributed by atoms with van der Waals surface area (Å²) in [6, 6.07) is 5.20. The second-order valence-electron chi connectivity index (χ2n) is 7.81. The maximum Gasteiger partial charge on any atom is 0.277 e. The number of carbonyl (C=O) groups is 2. The summed E-state index contributed by atoms with van der Waals surface area (Å²) in [6.07, 6.45) is 2.97. The molecule has 9 nitrogen and oxygen atoms in total. The van der Waals surface area contributed by atoms with Gasteiger partial charge in [-0.1, -0.05) is 25.8 Å². The number of nitrogens with two attached hydrogens (primary N) is 1. The van der Waals surface area contributed by atoms with Crippen LogP contribution in [0.5, 0.6) is 0 Å². The quantitative estimate of drug-likeness (QED) is 0.602. The highest BCUT2D eigenvalue weighted by Gasteiger charge is 2.20. The molecule has 160 valence electrons. The topological polar surface area (TPSA) is 131 Å². The van der Waals surface area contributed by atoms with E-state index in [2.05, 4.69) is 27.9 Å². The van der Waals surface area contributed by atoms with Gasteiger partial charge in [0.05, 0.1) is 12.2 Å². The molecule has 0 unspecified atom stereocenters. The normalized spacial score (nSPS) is 14.6. The van der Waals surface area contributed by atoms with Crippen LogP contribution < -0.4 is 27.2 Å². The molecular weight excluding hydrogens is 384 g/mol. The SMILES string of the molecule is CC1CC1.Cc1nc(N)ccc1CNC(=O)Cn1c(C)cc2c(c1=O)NC(=O)CN2. The first-order chi connectivity index (χ1) is 14.2. The number of nitrogens with zero attached hydrogens (tertiary/aromatic N) is 2. The Kier molecular flexibility index (Phi) is 6.39. The van der Waals surface area contributed by atoms with Crippen molar-refractivity contribution in [2.75, 3.05) is 22.9 Å². The standard InChI is InChI=1S/C17H20N6O3.C4H8/c1-9-5-12-16(22-14(24)7-19-12)17(26)23(9)8-15(25)20-6-11-3-4-13(18)21-10(11)2;1-4-2-3-4/h3-5,19H,6-8H2,1-2H3,(H2,18,21)(H,20,25)(H,22,24);4H,2-3H2,1H3. The Morgan fingerprint density at radius 2 is 2.00 bits per heavy atom. The van der Waals surface area contributed by atoms with Gasteiger partial charge in [-0.05, 0) is 37.5 Å². The molecule has 0 spiro atoms. The van der Waals surface area contributed by atoms with Crippen molar-refractivity contribution in [1.29, 1.82) is 0 Å². The lowest BCUT2D eigenvalue weighted by molar-refractivity contribution is -0.121. The highest BCUT2D eigenvalue weighted by Crippen LogP contribution is 2.26. The zero-order valence-corrected chi connectivity index (χ0v) is 17.5. The van der Waals surface area contributed by atoms with Crippen molar-refractivity contribution in [1.82, 2.24) is 14.9 Å². The molecule has 9 heteroatoms. The number of fused-ring (bicyclic) bond motifs is 1. The van der Waals surface area contributed by atoms with Crippen molar-refractivity contribution in [2.24, 2.45) is 5.92 Å². The van der Waals surface area contributed by atoms with Crippen LogP contribution in [0.2, 0.25) is 0 Å². The zero-order chi connectivity index (χ0) is 21.8. The van der Waals surface area contributed by atoms with Gasteiger partial charge in [0.15, 0.2) is 0 Å². The number of aryl methyl sites for hydroxylation is 2. The van der Waals surface area contributed by atoms with E-state index in [1.54, 1.807) is 25.1 Å². The van der Waals surface area contributed by atoms with Crippen LogP contribution in [0, 0.1) is 19.8 Å². The van der Waals surface area contributed by atoms with Gasteiger partial charge in [-0.25, -0.2) is 4.98 Å². The number of hydrogen-bond acceptors (Lipinski definition) is 6. The molecule has 5 N–H and O–H groups in total. The molecule has 0 aromatic carbocycles. The minimum atomic E-state index is -0.416. The molecule has 0 radical (unpaired) electrons. The third kappa shape index (κ3) is 5.37. The van der Waals surface area contributed by atoms with Gasteiger partial charge in [0.1, 0.15) is 18.1 Å². The van der Waals surface area contributed by atoms with E-state index in [1.807, 2.05) is 6.92 Å². The van der Waals surface area contributed by atoms with Crippen molar-refractivity contribution in [3.05, 3.63) is 45.5 Å². The Morgan fingerprint density at radius 3 is 2.63 bits per heavy atom. The minimum absolute atomic E-state index is 0.116. The molecule has 1 aliphatic heterocycles. The summed E-state index contributed by atoms with van der Waals surface area (Å²) >= 11 is 0. The largest absolute Gasteiger partial charge is 0.384 e. The molecule has 2 amide bonds. The van der Waals surface area contributed by atoms with Gasteiger partial charge in [-0.15, -0.1) is 0 Å². The molecule has 0 saturated heterocycles. The van der Waals surface area contributed by atoms with Gasteiger partial charge in [-0.2, -0.15) is 0 Å². The Balaban J connectivity index is 0.000000572. The molecule has 2 aromatic heterocycles. The number of amides is 2. The predicted molar refractivity (Wildman–Crippen MR) is 116 cm³/mol. The van der Waals surface area contributed by atoms with Crippen LogP contribution in [0.25, 0.3) is 0 Å². The third-order valence-electron chi connectivity index (χ3n) is 5.07. The van der Waals surface area contributed by atoms with E-state index in [0.717, 1.165) is 17.2 Å². The first kappa shape index (κ1) is 21.4. The predicted octanol–water partition coefficient (Wildman–Crippen LogP) is 1.54. The molecule has 0 bridgehead atoms. The van der Waals surface area contributed by atoms with Crippen LogP contribution in [-0.2, 0) is 22.7 Å². The smallest absolute Gasteiger partial charge is 0.277 e. The summed E-state index contributed by atoms with van der Waals surface area (Å²) < 4.78 is 1.33. The Bertz CT molecular complexity index is 1030. The third-order valence-corrected chi connectivity index (χ3v) is 5.07. The van der Waals surface area contributed by atoms with Gasteiger partial charge in [-0.3, -0.25) is 14.4 Å². The average molecular weight is 412 g/mol. The van der Waals surface area contributed by atoms with E-state index in [1.165, 1.54) is 17.4 Å². The Hall–Kier alpha value is -3.36. The van der Waals surface area contributed by atoms with Crippen LogP contribution in [0.15, 0.2) is 23.0 Å². The van der Waals surface area contributed by atoms with Gasteiger partial charge >= 0.3 is 0 Å². The number of anilines is 3. The molecular formula is C21H28N6O3. The summed E-state index contributed by atoms with van der Waals surface area (Å²) in [6.45, 7) is 6.09. The van der Waals surface area contributed by atoms with Crippen LogP contribution in [0.1, 0.15) is 36.7 Å². The van der Waals surface area contributed by atoms with Gasteiger partial charge in [0.25, 0.3) is 5.56 Å². The van der Waals surface area contributed by atoms with Crippen LogP contribution in [0.3, 0.4) is 0 Å². The Morgan fingerprint density at radius 1 is 1.30 bits per heavy atom. The molecule has 2 aromatic rings. The Labute approximate surface area is 175 Å². The fourth-order valence-electron chi connectivity index (χ4n) is 2.94. The molecule has 1 saturated carbocycles. The van der Waals surface area contributed by atoms with Crippen molar-refractivity contribution in [2.45, 2.75) is 46.7 Å². The van der Waals surface area contributed by atoms with E-state index < -0.39 is 5.56 Å². The van der Waals surface area contributed by atoms with Gasteiger partial charge < -0.3 is 26.3 Å². The first-order valence-corrected chi connectivity index (χ1v) is 10.0. The van der Waals surface area contributed by atoms with Crippen LogP contribution in [-0.4, -0.2) is 27.9 Å². The second-order valence-corrected chi connectivity index (χ2v) is 7.81. The van der Waals surface area contributed by atoms with E-state index in [9.17, 15) is 14.4 Å². The second kappa shape index (κ2) is 8.98. The van der Waals surface area contributed by atoms with E-state index in [-0.39, 0.29) is 37.1 Å². The molecule has 4 rings (SSSR count). The fourth-order valence-corrected chi connectivity index (χ4v) is 2.94. The summed E-state index contributed by atoms with van der Waals surface area (Å²) in [5.74, 6) is 0.895. The molecule has 0 atom stereocenters. The highest BCUT2D eigenvalue weighted by molar-refractivity contribution is 6.00. The number of nitrogens with one attached hydrogen (secondary N) is 3.